The van der Waals surface area contributed by atoms with E-state index in [1.807, 2.05) is 24.1 Å². The minimum atomic E-state index is -5.84. The fraction of sp³-hybridized carbons (Fsp3) is 0.333. The smallest absolute Gasteiger partial charge is 0.434 e. The Bertz CT molecular complexity index is 1860. The molecule has 0 saturated heterocycles. The fourth-order valence-corrected chi connectivity index (χ4v) is 5.03. The molecular weight excluding hydrogens is 732 g/mol. The first-order valence-electron chi connectivity index (χ1n) is 15.5. The van der Waals surface area contributed by atoms with E-state index in [9.17, 15) is 41.2 Å². The van der Waals surface area contributed by atoms with Gasteiger partial charge in [-0.1, -0.05) is 67.9 Å². The highest BCUT2D eigenvalue weighted by atomic mass is 35.5. The van der Waals surface area contributed by atoms with Crippen LogP contribution in [-0.2, 0) is 25.6 Å². The molecular formula is C36H32ClF6N5O5. The Balaban J connectivity index is 0.000000421. The van der Waals surface area contributed by atoms with Gasteiger partial charge in [0.1, 0.15) is 28.6 Å². The van der Waals surface area contributed by atoms with Gasteiger partial charge in [0.05, 0.1) is 5.92 Å². The number of pyridine rings is 1. The fourth-order valence-electron chi connectivity index (χ4n) is 4.91. The number of benzene rings is 2. The number of carbonyl (C=O) groups is 2. The van der Waals surface area contributed by atoms with Gasteiger partial charge in [0.2, 0.25) is 12.3 Å². The number of alkyl halides is 6. The van der Waals surface area contributed by atoms with Crippen molar-refractivity contribution in [1.29, 1.82) is 10.5 Å². The number of allylic oxidation sites excluding steroid dienone is 1. The summed E-state index contributed by atoms with van der Waals surface area (Å²) >= 11 is 5.67. The van der Waals surface area contributed by atoms with E-state index in [0.29, 0.717) is 40.7 Å². The molecule has 1 aliphatic carbocycles. The summed E-state index contributed by atoms with van der Waals surface area (Å²) in [6.45, 7) is 5.61. The third-order valence-corrected chi connectivity index (χ3v) is 8.12. The van der Waals surface area contributed by atoms with Crippen LogP contribution in [0.15, 0.2) is 90.1 Å². The maximum atomic E-state index is 12.8. The topological polar surface area (TPSA) is 138 Å². The second-order valence-electron chi connectivity index (χ2n) is 12.1. The second-order valence-corrected chi connectivity index (χ2v) is 12.5. The van der Waals surface area contributed by atoms with Crippen molar-refractivity contribution in [2.75, 3.05) is 7.05 Å². The number of hydrogen-bond donors (Lipinski definition) is 0. The summed E-state index contributed by atoms with van der Waals surface area (Å²) in [5, 5.41) is 18.4. The third-order valence-electron chi connectivity index (χ3n) is 7.90. The Labute approximate surface area is 305 Å². The molecule has 3 aromatic rings. The van der Waals surface area contributed by atoms with Crippen molar-refractivity contribution in [2.24, 2.45) is 22.2 Å². The van der Waals surface area contributed by atoms with E-state index in [2.05, 4.69) is 14.7 Å². The number of aromatic nitrogens is 1. The molecule has 0 bridgehead atoms. The van der Waals surface area contributed by atoms with E-state index in [-0.39, 0.29) is 0 Å². The van der Waals surface area contributed by atoms with Crippen LogP contribution in [0.25, 0.3) is 0 Å². The maximum absolute atomic E-state index is 12.8. The van der Waals surface area contributed by atoms with Gasteiger partial charge in [0.15, 0.2) is 0 Å². The first kappa shape index (κ1) is 41.8. The molecule has 0 aliphatic heterocycles. The molecule has 0 radical (unpaired) electrons. The van der Waals surface area contributed by atoms with Gasteiger partial charge in [-0.2, -0.15) is 41.9 Å². The minimum absolute atomic E-state index is 0.314. The summed E-state index contributed by atoms with van der Waals surface area (Å²) in [5.41, 5.74) is 0.489. The summed E-state index contributed by atoms with van der Waals surface area (Å²) in [6, 6.07) is 20.6. The van der Waals surface area contributed by atoms with E-state index in [1.165, 1.54) is 6.07 Å². The Morgan fingerprint density at radius 3 is 2.21 bits per heavy atom. The van der Waals surface area contributed by atoms with Gasteiger partial charge in [-0.05, 0) is 54.2 Å². The Kier molecular flexibility index (Phi) is 14.0. The van der Waals surface area contributed by atoms with Gasteiger partial charge >= 0.3 is 24.3 Å². The van der Waals surface area contributed by atoms with E-state index >= 15 is 0 Å². The average molecular weight is 764 g/mol. The lowest BCUT2D eigenvalue weighted by Gasteiger charge is -2.22. The van der Waals surface area contributed by atoms with E-state index < -0.39 is 53.7 Å². The lowest BCUT2D eigenvalue weighted by molar-refractivity contribution is -0.312. The number of amidine groups is 1. The van der Waals surface area contributed by atoms with Crippen LogP contribution in [0.1, 0.15) is 38.0 Å². The van der Waals surface area contributed by atoms with E-state index in [0.717, 1.165) is 11.6 Å². The van der Waals surface area contributed by atoms with Gasteiger partial charge in [0.25, 0.3) is 6.10 Å². The molecule has 3 unspecified atom stereocenters. The standard InChI is InChI=1S/C26H21F6NO5.C10H11ClN4/c1-24(2)18(11-12-20(34)38-23(25(27,28)29)26(30,31)32)21(24)22(35)37-19(14-33)15-7-6-10-17(13-15)36-16-8-4-3-5-9-16;1-8(14-7-12)15(2)6-9-3-4-10(11)13-5-9/h3-13,18-19,21,23H,1-2H3;3-5H,6H2,1-2H3/b12-11-;14-8+. The first-order valence-corrected chi connectivity index (χ1v) is 15.9. The number of ether oxygens (including phenoxy) is 3. The highest BCUT2D eigenvalue weighted by Crippen LogP contribution is 2.59. The zero-order valence-corrected chi connectivity index (χ0v) is 29.3. The Morgan fingerprint density at radius 1 is 1.00 bits per heavy atom. The molecule has 53 heavy (non-hydrogen) atoms. The molecule has 1 saturated carbocycles. The number of halogens is 7. The number of hydrogen-bond acceptors (Lipinski definition) is 9. The zero-order valence-electron chi connectivity index (χ0n) is 28.5. The van der Waals surface area contributed by atoms with Crippen LogP contribution in [0.2, 0.25) is 5.15 Å². The average Bonchev–Trinajstić information content (AvgIpc) is 3.65. The molecule has 10 nitrogen and oxygen atoms in total. The van der Waals surface area contributed by atoms with Crippen LogP contribution in [-0.4, -0.2) is 53.2 Å². The largest absolute Gasteiger partial charge is 0.457 e. The number of rotatable bonds is 10. The molecule has 0 amide bonds. The van der Waals surface area contributed by atoms with Crippen LogP contribution in [0, 0.1) is 40.0 Å². The molecule has 0 spiro atoms. The number of para-hydroxylation sites is 1. The van der Waals surface area contributed by atoms with Crippen molar-refractivity contribution in [3.8, 4) is 23.8 Å². The molecule has 3 atom stereocenters. The van der Waals surface area contributed by atoms with Crippen LogP contribution in [0.5, 0.6) is 11.5 Å². The van der Waals surface area contributed by atoms with E-state index in [4.69, 9.17) is 26.3 Å². The van der Waals surface area contributed by atoms with Crippen molar-refractivity contribution in [3.63, 3.8) is 0 Å². The lowest BCUT2D eigenvalue weighted by Crippen LogP contribution is -2.45. The quantitative estimate of drug-likeness (QED) is 0.0378. The molecule has 1 fully saturated rings. The summed E-state index contributed by atoms with van der Waals surface area (Å²) < 4.78 is 90.2. The van der Waals surface area contributed by atoms with Crippen molar-refractivity contribution >= 4 is 29.4 Å². The predicted octanol–water partition coefficient (Wildman–Crippen LogP) is 8.52. The number of aliphatic imine (C=N–C) groups is 1. The second kappa shape index (κ2) is 17.7. The molecule has 17 heteroatoms. The summed E-state index contributed by atoms with van der Waals surface area (Å²) in [6.07, 6.45) is -12.4. The van der Waals surface area contributed by atoms with Crippen LogP contribution >= 0.6 is 11.6 Å². The van der Waals surface area contributed by atoms with Crippen LogP contribution < -0.4 is 4.74 Å². The summed E-state index contributed by atoms with van der Waals surface area (Å²) in [5.74, 6) is -2.77. The highest BCUT2D eigenvalue weighted by Gasteiger charge is 2.62. The van der Waals surface area contributed by atoms with Crippen molar-refractivity contribution in [1.82, 2.24) is 9.88 Å². The molecule has 1 aliphatic rings. The first-order chi connectivity index (χ1) is 24.8. The van der Waals surface area contributed by atoms with E-state index in [1.54, 1.807) is 87.8 Å². The summed E-state index contributed by atoms with van der Waals surface area (Å²) in [4.78, 5) is 33.9. The Morgan fingerprint density at radius 2 is 1.64 bits per heavy atom. The van der Waals surface area contributed by atoms with Crippen LogP contribution in [0.3, 0.4) is 0 Å². The summed E-state index contributed by atoms with van der Waals surface area (Å²) in [7, 11) is 1.87. The monoisotopic (exact) mass is 763 g/mol. The van der Waals surface area contributed by atoms with Gasteiger partial charge in [-0.25, -0.2) is 9.78 Å². The Hall–Kier alpha value is -5.61. The third kappa shape index (κ3) is 12.2. The number of carbonyl (C=O) groups excluding carboxylic acids is 2. The number of nitriles is 2. The SMILES string of the molecule is C/C(=N\C#N)N(C)Cc1ccc(Cl)nc1.CC1(C)C(/C=C\C(=O)OC(C(F)(F)F)C(F)(F)F)C1C(=O)OC(C#N)c1cccc(Oc2ccccc2)c1. The zero-order chi connectivity index (χ0) is 39.6. The van der Waals surface area contributed by atoms with Gasteiger partial charge < -0.3 is 19.1 Å². The maximum Gasteiger partial charge on any atom is 0.434 e. The van der Waals surface area contributed by atoms with Crippen molar-refractivity contribution in [2.45, 2.75) is 51.9 Å². The molecule has 2 aromatic carbocycles. The lowest BCUT2D eigenvalue weighted by atomic mass is 10.1. The molecule has 280 valence electrons. The molecule has 0 N–H and O–H groups in total. The minimum Gasteiger partial charge on any atom is -0.457 e. The molecule has 1 aromatic heterocycles. The van der Waals surface area contributed by atoms with Crippen molar-refractivity contribution < 1.29 is 50.1 Å². The van der Waals surface area contributed by atoms with Gasteiger partial charge in [0, 0.05) is 31.4 Å². The predicted molar refractivity (Wildman–Crippen MR) is 179 cm³/mol. The number of nitrogens with zero attached hydrogens (tertiary/aromatic N) is 5. The number of esters is 2. The van der Waals surface area contributed by atoms with Crippen LogP contribution in [0.4, 0.5) is 26.3 Å². The highest BCUT2D eigenvalue weighted by molar-refractivity contribution is 6.29. The van der Waals surface area contributed by atoms with Crippen molar-refractivity contribution in [3.05, 3.63) is 101 Å². The van der Waals surface area contributed by atoms with Gasteiger partial charge in [-0.3, -0.25) is 4.79 Å². The normalized spacial score (nSPS) is 17.1. The molecule has 1 heterocycles. The van der Waals surface area contributed by atoms with Gasteiger partial charge in [-0.15, -0.1) is 0 Å². The molecule has 4 rings (SSSR count).